The molecule has 4 heteroatoms. The summed E-state index contributed by atoms with van der Waals surface area (Å²) in [5, 5.41) is 7.65. The lowest BCUT2D eigenvalue weighted by Gasteiger charge is -2.09. The molecule has 0 fully saturated rings. The number of rotatable bonds is 0. The summed E-state index contributed by atoms with van der Waals surface area (Å²) in [5.41, 5.74) is 3.10. The number of hydrogen-bond donors (Lipinski definition) is 1. The highest BCUT2D eigenvalue weighted by molar-refractivity contribution is 5.39. The van der Waals surface area contributed by atoms with Gasteiger partial charge in [0.2, 0.25) is 5.71 Å². The molecule has 0 unspecified atom stereocenters. The van der Waals surface area contributed by atoms with Crippen LogP contribution in [0.15, 0.2) is 10.5 Å². The van der Waals surface area contributed by atoms with Gasteiger partial charge in [0.1, 0.15) is 5.76 Å². The molecule has 0 saturated carbocycles. The number of fused-ring (bicyclic) bond motifs is 3. The van der Waals surface area contributed by atoms with Crippen molar-refractivity contribution in [3.63, 3.8) is 0 Å². The molecule has 0 radical (unpaired) electrons. The van der Waals surface area contributed by atoms with Gasteiger partial charge in [0.05, 0.1) is 17.9 Å². The molecule has 0 amide bonds. The molecule has 3 heterocycles. The fourth-order valence-corrected chi connectivity index (χ4v) is 1.84. The monoisotopic (exact) mass is 177 g/mol. The molecule has 1 aliphatic rings. The van der Waals surface area contributed by atoms with E-state index < -0.39 is 0 Å². The van der Waals surface area contributed by atoms with Crippen LogP contribution in [-0.4, -0.2) is 16.2 Å². The van der Waals surface area contributed by atoms with E-state index in [1.54, 1.807) is 0 Å². The van der Waals surface area contributed by atoms with Gasteiger partial charge >= 0.3 is 0 Å². The topological polar surface area (TPSA) is 42.5 Å². The van der Waals surface area contributed by atoms with Gasteiger partial charge in [0.15, 0.2) is 0 Å². The number of hydrogen-bond acceptors (Lipinski definition) is 3. The number of nitrogens with zero attached hydrogens (tertiary/aromatic N) is 2. The van der Waals surface area contributed by atoms with Crippen molar-refractivity contribution in [1.82, 2.24) is 14.9 Å². The summed E-state index contributed by atoms with van der Waals surface area (Å²) in [7, 11) is 0. The molecule has 0 aliphatic carbocycles. The van der Waals surface area contributed by atoms with Gasteiger partial charge in [0, 0.05) is 19.0 Å². The number of nitrogens with one attached hydrogen (secondary N) is 1. The Morgan fingerprint density at radius 2 is 2.54 bits per heavy atom. The van der Waals surface area contributed by atoms with Gasteiger partial charge in [-0.05, 0) is 6.92 Å². The summed E-state index contributed by atoms with van der Waals surface area (Å²) in [6.07, 6.45) is 1.00. The molecular weight excluding hydrogens is 166 g/mol. The Morgan fingerprint density at radius 3 is 3.46 bits per heavy atom. The smallest absolute Gasteiger partial charge is 0.222 e. The average Bonchev–Trinajstić information content (AvgIpc) is 2.60. The summed E-state index contributed by atoms with van der Waals surface area (Å²) in [5.74, 6) is 1.04. The van der Waals surface area contributed by atoms with Crippen LogP contribution in [0, 0.1) is 6.92 Å². The van der Waals surface area contributed by atoms with Crippen molar-refractivity contribution < 1.29 is 4.42 Å². The van der Waals surface area contributed by atoms with Crippen LogP contribution in [0.25, 0.3) is 5.71 Å². The third kappa shape index (κ3) is 0.920. The van der Waals surface area contributed by atoms with Crippen molar-refractivity contribution in [3.8, 4) is 0 Å². The van der Waals surface area contributed by atoms with E-state index in [2.05, 4.69) is 10.4 Å². The lowest BCUT2D eigenvalue weighted by molar-refractivity contribution is 0.488. The van der Waals surface area contributed by atoms with E-state index in [1.165, 1.54) is 5.69 Å². The van der Waals surface area contributed by atoms with Crippen molar-refractivity contribution in [1.29, 1.82) is 0 Å². The molecule has 2 aromatic heterocycles. The maximum atomic E-state index is 5.65. The van der Waals surface area contributed by atoms with Crippen molar-refractivity contribution in [2.45, 2.75) is 19.9 Å². The predicted octanol–water partition coefficient (Wildman–Crippen LogP) is 0.881. The maximum absolute atomic E-state index is 5.65. The molecule has 3 rings (SSSR count). The van der Waals surface area contributed by atoms with Gasteiger partial charge in [0.25, 0.3) is 0 Å². The van der Waals surface area contributed by atoms with Crippen LogP contribution in [0.1, 0.15) is 17.1 Å². The molecule has 0 saturated heterocycles. The molecule has 1 N–H and O–H groups in total. The van der Waals surface area contributed by atoms with Gasteiger partial charge in [-0.1, -0.05) is 0 Å². The summed E-state index contributed by atoms with van der Waals surface area (Å²) in [4.78, 5) is 0. The molecule has 0 atom stereocenters. The van der Waals surface area contributed by atoms with E-state index >= 15 is 0 Å². The van der Waals surface area contributed by atoms with Crippen LogP contribution in [0.3, 0.4) is 0 Å². The standard InChI is InChI=1S/C9H11N3O/c1-6-4-9-12(11-6)7-2-3-10-5-8(7)13-9/h4,10H,2-3,5H2,1H3. The maximum Gasteiger partial charge on any atom is 0.222 e. The highest BCUT2D eigenvalue weighted by Gasteiger charge is 2.18. The highest BCUT2D eigenvalue weighted by atomic mass is 16.4. The van der Waals surface area contributed by atoms with Crippen molar-refractivity contribution in [3.05, 3.63) is 23.2 Å². The summed E-state index contributed by atoms with van der Waals surface area (Å²) in [6, 6.07) is 1.97. The predicted molar refractivity (Wildman–Crippen MR) is 47.6 cm³/mol. The minimum Gasteiger partial charge on any atom is -0.440 e. The zero-order valence-electron chi connectivity index (χ0n) is 7.50. The van der Waals surface area contributed by atoms with E-state index in [9.17, 15) is 0 Å². The largest absolute Gasteiger partial charge is 0.440 e. The van der Waals surface area contributed by atoms with Crippen molar-refractivity contribution >= 4 is 5.71 Å². The highest BCUT2D eigenvalue weighted by Crippen LogP contribution is 2.19. The normalized spacial score (nSPS) is 16.4. The van der Waals surface area contributed by atoms with E-state index in [0.29, 0.717) is 0 Å². The zero-order valence-corrected chi connectivity index (χ0v) is 7.50. The first-order valence-corrected chi connectivity index (χ1v) is 4.52. The minimum absolute atomic E-state index is 0.831. The van der Waals surface area contributed by atoms with Gasteiger partial charge in [-0.3, -0.25) is 0 Å². The zero-order chi connectivity index (χ0) is 8.84. The molecular formula is C9H11N3O. The van der Waals surface area contributed by atoms with Crippen LogP contribution < -0.4 is 5.32 Å². The van der Waals surface area contributed by atoms with Crippen molar-refractivity contribution in [2.75, 3.05) is 6.54 Å². The van der Waals surface area contributed by atoms with Crippen LogP contribution in [0.4, 0.5) is 0 Å². The summed E-state index contributed by atoms with van der Waals surface area (Å²) >= 11 is 0. The fraction of sp³-hybridized carbons (Fsp3) is 0.444. The van der Waals surface area contributed by atoms with E-state index in [4.69, 9.17) is 4.42 Å². The minimum atomic E-state index is 0.831. The lowest BCUT2D eigenvalue weighted by atomic mass is 10.2. The Kier molecular flexibility index (Phi) is 1.29. The second-order valence-corrected chi connectivity index (χ2v) is 3.43. The van der Waals surface area contributed by atoms with Crippen LogP contribution in [0.5, 0.6) is 0 Å². The molecule has 4 nitrogen and oxygen atoms in total. The number of oxazole rings is 1. The second kappa shape index (κ2) is 2.35. The van der Waals surface area contributed by atoms with E-state index in [-0.39, 0.29) is 0 Å². The Bertz CT molecular complexity index is 455. The quantitative estimate of drug-likeness (QED) is 0.649. The fourth-order valence-electron chi connectivity index (χ4n) is 1.84. The first-order chi connectivity index (χ1) is 6.34. The Hall–Kier alpha value is -1.29. The molecule has 2 aromatic rings. The third-order valence-corrected chi connectivity index (χ3v) is 2.43. The lowest BCUT2D eigenvalue weighted by Crippen LogP contribution is -2.23. The average molecular weight is 177 g/mol. The SMILES string of the molecule is Cc1cc2oc3c(n2n1)CCNC3. The Balaban J connectivity index is 2.30. The molecule has 0 aromatic carbocycles. The van der Waals surface area contributed by atoms with E-state index in [1.807, 2.05) is 17.5 Å². The van der Waals surface area contributed by atoms with Crippen LogP contribution >= 0.6 is 0 Å². The van der Waals surface area contributed by atoms with Gasteiger partial charge in [-0.25, -0.2) is 4.52 Å². The number of aromatic nitrogens is 2. The molecule has 0 bridgehead atoms. The van der Waals surface area contributed by atoms with Crippen LogP contribution in [-0.2, 0) is 13.0 Å². The summed E-state index contributed by atoms with van der Waals surface area (Å²) in [6.45, 7) is 3.83. The Morgan fingerprint density at radius 1 is 1.62 bits per heavy atom. The second-order valence-electron chi connectivity index (χ2n) is 3.43. The van der Waals surface area contributed by atoms with Gasteiger partial charge in [-0.15, -0.1) is 0 Å². The molecule has 13 heavy (non-hydrogen) atoms. The first kappa shape index (κ1) is 7.15. The molecule has 0 spiro atoms. The van der Waals surface area contributed by atoms with Crippen LogP contribution in [0.2, 0.25) is 0 Å². The third-order valence-electron chi connectivity index (χ3n) is 2.43. The first-order valence-electron chi connectivity index (χ1n) is 4.52. The number of aryl methyl sites for hydroxylation is 1. The van der Waals surface area contributed by atoms with Crippen molar-refractivity contribution in [2.24, 2.45) is 0 Å². The van der Waals surface area contributed by atoms with E-state index in [0.717, 1.165) is 36.7 Å². The molecule has 1 aliphatic heterocycles. The van der Waals surface area contributed by atoms with Gasteiger partial charge in [-0.2, -0.15) is 5.10 Å². The molecule has 68 valence electrons. The van der Waals surface area contributed by atoms with Gasteiger partial charge < -0.3 is 9.73 Å². The summed E-state index contributed by atoms with van der Waals surface area (Å²) < 4.78 is 7.57. The Labute approximate surface area is 75.5 Å².